The number of nitrogens with two attached hydrogens (primary N) is 1. The quantitative estimate of drug-likeness (QED) is 0.738. The van der Waals surface area contributed by atoms with Gasteiger partial charge >= 0.3 is 0 Å². The molecule has 1 aliphatic rings. The van der Waals surface area contributed by atoms with Crippen LogP contribution in [0.2, 0.25) is 0 Å². The van der Waals surface area contributed by atoms with Crippen LogP contribution in [0.25, 0.3) is 0 Å². The Morgan fingerprint density at radius 2 is 2.06 bits per heavy atom. The number of rotatable bonds is 6. The number of hydrogen-bond acceptors (Lipinski definition) is 3. The van der Waals surface area contributed by atoms with E-state index >= 15 is 0 Å². The molecule has 1 fully saturated rings. The summed E-state index contributed by atoms with van der Waals surface area (Å²) in [5.41, 5.74) is 5.24. The summed E-state index contributed by atoms with van der Waals surface area (Å²) >= 11 is 0. The molecule has 4 nitrogen and oxygen atoms in total. The summed E-state index contributed by atoms with van der Waals surface area (Å²) in [7, 11) is 0. The lowest BCUT2D eigenvalue weighted by Gasteiger charge is -2.28. The van der Waals surface area contributed by atoms with Crippen molar-refractivity contribution in [1.82, 2.24) is 4.90 Å². The molecule has 1 amide bonds. The Balaban J connectivity index is 2.28. The largest absolute Gasteiger partial charge is 0.381 e. The third-order valence-corrected chi connectivity index (χ3v) is 3.25. The van der Waals surface area contributed by atoms with E-state index in [0.717, 1.165) is 44.9 Å². The third-order valence-electron chi connectivity index (χ3n) is 3.25. The van der Waals surface area contributed by atoms with Crippen molar-refractivity contribution in [3.8, 4) is 0 Å². The van der Waals surface area contributed by atoms with Crippen LogP contribution in [-0.2, 0) is 9.53 Å². The van der Waals surface area contributed by atoms with Crippen molar-refractivity contribution in [3.05, 3.63) is 0 Å². The van der Waals surface area contributed by atoms with Crippen LogP contribution >= 0.6 is 0 Å². The van der Waals surface area contributed by atoms with E-state index < -0.39 is 0 Å². The Hall–Kier alpha value is -0.610. The second-order valence-corrected chi connectivity index (χ2v) is 4.87. The number of primary amides is 1. The van der Waals surface area contributed by atoms with E-state index in [-0.39, 0.29) is 5.91 Å². The van der Waals surface area contributed by atoms with Gasteiger partial charge in [-0.1, -0.05) is 0 Å². The summed E-state index contributed by atoms with van der Waals surface area (Å²) in [6, 6.07) is 0.382. The maximum Gasteiger partial charge on any atom is 0.231 e. The van der Waals surface area contributed by atoms with E-state index in [2.05, 4.69) is 18.7 Å². The first kappa shape index (κ1) is 13.5. The van der Waals surface area contributed by atoms with Gasteiger partial charge in [-0.25, -0.2) is 0 Å². The minimum atomic E-state index is -0.235. The average Bonchev–Trinajstić information content (AvgIpc) is 2.25. The molecule has 0 unspecified atom stereocenters. The number of amides is 1. The van der Waals surface area contributed by atoms with Crippen LogP contribution in [0.15, 0.2) is 0 Å². The van der Waals surface area contributed by atoms with Crippen LogP contribution in [0.3, 0.4) is 0 Å². The van der Waals surface area contributed by atoms with E-state index in [9.17, 15) is 4.79 Å². The van der Waals surface area contributed by atoms with Crippen LogP contribution in [0.1, 0.15) is 33.1 Å². The standard InChI is InChI=1S/C12H24N2O2/c1-10(2)14(9-12(13)15)6-3-11-4-7-16-8-5-11/h10-11H,3-9H2,1-2H3,(H2,13,15). The lowest BCUT2D eigenvalue weighted by Crippen LogP contribution is -2.39. The van der Waals surface area contributed by atoms with Gasteiger partial charge in [-0.15, -0.1) is 0 Å². The molecule has 0 aromatic rings. The first-order valence-corrected chi connectivity index (χ1v) is 6.19. The van der Waals surface area contributed by atoms with Crippen LogP contribution in [0.4, 0.5) is 0 Å². The van der Waals surface area contributed by atoms with Gasteiger partial charge in [-0.05, 0) is 45.6 Å². The zero-order valence-corrected chi connectivity index (χ0v) is 10.4. The van der Waals surface area contributed by atoms with Gasteiger partial charge in [0.15, 0.2) is 0 Å². The van der Waals surface area contributed by atoms with E-state index in [1.54, 1.807) is 0 Å². The van der Waals surface area contributed by atoms with Gasteiger partial charge in [0.2, 0.25) is 5.91 Å². The van der Waals surface area contributed by atoms with Gasteiger partial charge in [-0.2, -0.15) is 0 Å². The fourth-order valence-corrected chi connectivity index (χ4v) is 2.10. The second-order valence-electron chi connectivity index (χ2n) is 4.87. The molecule has 0 atom stereocenters. The van der Waals surface area contributed by atoms with Gasteiger partial charge in [0.25, 0.3) is 0 Å². The number of carbonyl (C=O) groups excluding carboxylic acids is 1. The molecule has 0 aromatic carbocycles. The molecule has 0 saturated carbocycles. The Labute approximate surface area is 98.1 Å². The maximum absolute atomic E-state index is 10.9. The van der Waals surface area contributed by atoms with Crippen molar-refractivity contribution >= 4 is 5.91 Å². The minimum Gasteiger partial charge on any atom is -0.381 e. The van der Waals surface area contributed by atoms with Crippen molar-refractivity contribution in [2.45, 2.75) is 39.2 Å². The molecule has 0 aromatic heterocycles. The minimum absolute atomic E-state index is 0.235. The zero-order chi connectivity index (χ0) is 12.0. The number of hydrogen-bond donors (Lipinski definition) is 1. The molecule has 1 aliphatic heterocycles. The fourth-order valence-electron chi connectivity index (χ4n) is 2.10. The molecule has 4 heteroatoms. The van der Waals surface area contributed by atoms with Crippen molar-refractivity contribution < 1.29 is 9.53 Å². The Morgan fingerprint density at radius 1 is 1.44 bits per heavy atom. The Morgan fingerprint density at radius 3 is 2.56 bits per heavy atom. The molecule has 16 heavy (non-hydrogen) atoms. The fraction of sp³-hybridized carbons (Fsp3) is 0.917. The van der Waals surface area contributed by atoms with Crippen LogP contribution < -0.4 is 5.73 Å². The van der Waals surface area contributed by atoms with E-state index in [1.807, 2.05) is 0 Å². The lowest BCUT2D eigenvalue weighted by molar-refractivity contribution is -0.119. The molecule has 1 rings (SSSR count). The molecule has 0 radical (unpaired) electrons. The number of carbonyl (C=O) groups is 1. The summed E-state index contributed by atoms with van der Waals surface area (Å²) < 4.78 is 5.33. The van der Waals surface area contributed by atoms with Gasteiger partial charge in [0.1, 0.15) is 0 Å². The molecular formula is C12H24N2O2. The molecule has 1 heterocycles. The highest BCUT2D eigenvalue weighted by Crippen LogP contribution is 2.19. The lowest BCUT2D eigenvalue weighted by atomic mass is 9.96. The SMILES string of the molecule is CC(C)N(CCC1CCOCC1)CC(N)=O. The molecular weight excluding hydrogens is 204 g/mol. The summed E-state index contributed by atoms with van der Waals surface area (Å²) in [5, 5.41) is 0. The van der Waals surface area contributed by atoms with Crippen molar-refractivity contribution in [2.75, 3.05) is 26.3 Å². The van der Waals surface area contributed by atoms with E-state index in [0.29, 0.717) is 12.6 Å². The summed E-state index contributed by atoms with van der Waals surface area (Å²) in [6.07, 6.45) is 3.46. The summed E-state index contributed by atoms with van der Waals surface area (Å²) in [5.74, 6) is 0.517. The predicted molar refractivity (Wildman–Crippen MR) is 64.1 cm³/mol. The molecule has 0 aliphatic carbocycles. The van der Waals surface area contributed by atoms with Crippen LogP contribution in [0, 0.1) is 5.92 Å². The Kier molecular flexibility index (Phi) is 5.77. The number of nitrogens with zero attached hydrogens (tertiary/aromatic N) is 1. The third kappa shape index (κ3) is 4.94. The number of ether oxygens (including phenoxy) is 1. The smallest absolute Gasteiger partial charge is 0.231 e. The van der Waals surface area contributed by atoms with E-state index in [4.69, 9.17) is 10.5 Å². The van der Waals surface area contributed by atoms with Gasteiger partial charge in [0.05, 0.1) is 6.54 Å². The van der Waals surface area contributed by atoms with Crippen molar-refractivity contribution in [1.29, 1.82) is 0 Å². The van der Waals surface area contributed by atoms with E-state index in [1.165, 1.54) is 0 Å². The molecule has 0 spiro atoms. The van der Waals surface area contributed by atoms with Crippen molar-refractivity contribution in [3.63, 3.8) is 0 Å². The maximum atomic E-state index is 10.9. The topological polar surface area (TPSA) is 55.6 Å². The van der Waals surface area contributed by atoms with Gasteiger partial charge in [-0.3, -0.25) is 9.69 Å². The Bertz CT molecular complexity index is 213. The van der Waals surface area contributed by atoms with Crippen molar-refractivity contribution in [2.24, 2.45) is 11.7 Å². The van der Waals surface area contributed by atoms with Crippen LogP contribution in [0.5, 0.6) is 0 Å². The molecule has 2 N–H and O–H groups in total. The average molecular weight is 228 g/mol. The van der Waals surface area contributed by atoms with Crippen LogP contribution in [-0.4, -0.2) is 43.2 Å². The highest BCUT2D eigenvalue weighted by molar-refractivity contribution is 5.75. The normalized spacial score (nSPS) is 18.2. The highest BCUT2D eigenvalue weighted by Gasteiger charge is 2.17. The monoisotopic (exact) mass is 228 g/mol. The highest BCUT2D eigenvalue weighted by atomic mass is 16.5. The second kappa shape index (κ2) is 6.86. The first-order chi connectivity index (χ1) is 7.59. The zero-order valence-electron chi connectivity index (χ0n) is 10.4. The van der Waals surface area contributed by atoms with Gasteiger partial charge < -0.3 is 10.5 Å². The molecule has 0 bridgehead atoms. The summed E-state index contributed by atoms with van der Waals surface area (Å²) in [6.45, 7) is 7.33. The molecule has 1 saturated heterocycles. The summed E-state index contributed by atoms with van der Waals surface area (Å²) in [4.78, 5) is 13.1. The van der Waals surface area contributed by atoms with Gasteiger partial charge in [0, 0.05) is 19.3 Å². The first-order valence-electron chi connectivity index (χ1n) is 6.19. The molecule has 94 valence electrons. The predicted octanol–water partition coefficient (Wildman–Crippen LogP) is 0.999.